The predicted molar refractivity (Wildman–Crippen MR) is 74.5 cm³/mol. The van der Waals surface area contributed by atoms with Gasteiger partial charge >= 0.3 is 18.2 Å². The van der Waals surface area contributed by atoms with Crippen LogP contribution < -0.4 is 10.6 Å². The van der Waals surface area contributed by atoms with E-state index in [0.29, 0.717) is 0 Å². The van der Waals surface area contributed by atoms with Gasteiger partial charge in [-0.15, -0.1) is 0 Å². The lowest BCUT2D eigenvalue weighted by molar-refractivity contribution is -0.139. The van der Waals surface area contributed by atoms with Gasteiger partial charge in [-0.1, -0.05) is 26.0 Å². The van der Waals surface area contributed by atoms with Crippen molar-refractivity contribution < 1.29 is 27.9 Å². The number of carbonyl (C=O) groups is 2. The number of alkyl halides is 3. The third-order valence-electron chi connectivity index (χ3n) is 2.79. The van der Waals surface area contributed by atoms with Gasteiger partial charge in [0.25, 0.3) is 0 Å². The molecule has 2 amide bonds. The lowest BCUT2D eigenvalue weighted by atomic mass is 10.0. The molecule has 0 fully saturated rings. The Morgan fingerprint density at radius 3 is 2.32 bits per heavy atom. The smallest absolute Gasteiger partial charge is 0.418 e. The van der Waals surface area contributed by atoms with Crippen LogP contribution in [0.15, 0.2) is 24.3 Å². The van der Waals surface area contributed by atoms with E-state index >= 15 is 0 Å². The summed E-state index contributed by atoms with van der Waals surface area (Å²) in [5.74, 6) is -1.24. The van der Waals surface area contributed by atoms with Crippen molar-refractivity contribution >= 4 is 17.7 Å². The summed E-state index contributed by atoms with van der Waals surface area (Å²) in [6, 6.07) is 2.31. The predicted octanol–water partition coefficient (Wildman–Crippen LogP) is 3.33. The van der Waals surface area contributed by atoms with E-state index in [1.807, 2.05) is 5.32 Å². The summed E-state index contributed by atoms with van der Waals surface area (Å²) in [5, 5.41) is 13.2. The second kappa shape index (κ2) is 7.15. The standard InChI is InChI=1S/C14H17F3N2O3/c1-8(2)7-11(12(20)21)19-13(22)18-10-6-4-3-5-9(10)14(15,16)17/h3-6,8,11H,7H2,1-2H3,(H,20,21)(H2,18,19,22). The lowest BCUT2D eigenvalue weighted by Gasteiger charge is -2.18. The van der Waals surface area contributed by atoms with Crippen molar-refractivity contribution in [3.63, 3.8) is 0 Å². The van der Waals surface area contributed by atoms with Crippen molar-refractivity contribution in [2.45, 2.75) is 32.5 Å². The van der Waals surface area contributed by atoms with E-state index in [1.54, 1.807) is 13.8 Å². The van der Waals surface area contributed by atoms with Crippen LogP contribution in [0.2, 0.25) is 0 Å². The SMILES string of the molecule is CC(C)CC(NC(=O)Nc1ccccc1C(F)(F)F)C(=O)O. The van der Waals surface area contributed by atoms with E-state index in [1.165, 1.54) is 12.1 Å². The van der Waals surface area contributed by atoms with E-state index in [9.17, 15) is 22.8 Å². The molecular weight excluding hydrogens is 301 g/mol. The van der Waals surface area contributed by atoms with Gasteiger partial charge in [-0.3, -0.25) is 0 Å². The number of nitrogens with one attached hydrogen (secondary N) is 2. The van der Waals surface area contributed by atoms with Crippen LogP contribution in [0.4, 0.5) is 23.7 Å². The first-order valence-corrected chi connectivity index (χ1v) is 6.57. The first kappa shape index (κ1) is 17.8. The highest BCUT2D eigenvalue weighted by Gasteiger charge is 2.33. The summed E-state index contributed by atoms with van der Waals surface area (Å²) < 4.78 is 38.4. The van der Waals surface area contributed by atoms with Crippen LogP contribution in [0.3, 0.4) is 0 Å². The van der Waals surface area contributed by atoms with Crippen LogP contribution >= 0.6 is 0 Å². The average Bonchev–Trinajstić information content (AvgIpc) is 2.36. The number of benzene rings is 1. The monoisotopic (exact) mass is 318 g/mol. The number of rotatable bonds is 5. The van der Waals surface area contributed by atoms with Crippen LogP contribution in [0.25, 0.3) is 0 Å². The van der Waals surface area contributed by atoms with Gasteiger partial charge in [0, 0.05) is 0 Å². The number of para-hydroxylation sites is 1. The zero-order valence-corrected chi connectivity index (χ0v) is 12.1. The summed E-state index contributed by atoms with van der Waals surface area (Å²) in [4.78, 5) is 22.8. The molecular formula is C14H17F3N2O3. The van der Waals surface area contributed by atoms with E-state index in [-0.39, 0.29) is 12.3 Å². The topological polar surface area (TPSA) is 78.4 Å². The highest BCUT2D eigenvalue weighted by atomic mass is 19.4. The first-order valence-electron chi connectivity index (χ1n) is 6.57. The van der Waals surface area contributed by atoms with Crippen LogP contribution in [0, 0.1) is 5.92 Å². The van der Waals surface area contributed by atoms with Gasteiger partial charge in [-0.05, 0) is 24.5 Å². The normalized spacial score (nSPS) is 12.8. The summed E-state index contributed by atoms with van der Waals surface area (Å²) in [7, 11) is 0. The third-order valence-corrected chi connectivity index (χ3v) is 2.79. The summed E-state index contributed by atoms with van der Waals surface area (Å²) in [5.41, 5.74) is -1.43. The van der Waals surface area contributed by atoms with Gasteiger partial charge in [0.2, 0.25) is 0 Å². The number of urea groups is 1. The minimum Gasteiger partial charge on any atom is -0.480 e. The molecule has 0 radical (unpaired) electrons. The van der Waals surface area contributed by atoms with Crippen molar-refractivity contribution in [2.24, 2.45) is 5.92 Å². The van der Waals surface area contributed by atoms with E-state index in [2.05, 4.69) is 5.32 Å². The van der Waals surface area contributed by atoms with Crippen molar-refractivity contribution in [2.75, 3.05) is 5.32 Å². The maximum atomic E-state index is 12.8. The number of amides is 2. The average molecular weight is 318 g/mol. The number of carbonyl (C=O) groups excluding carboxylic acids is 1. The van der Waals surface area contributed by atoms with Crippen LogP contribution in [-0.2, 0) is 11.0 Å². The molecule has 0 saturated heterocycles. The van der Waals surface area contributed by atoms with Crippen LogP contribution in [-0.4, -0.2) is 23.1 Å². The summed E-state index contributed by atoms with van der Waals surface area (Å²) >= 11 is 0. The van der Waals surface area contributed by atoms with Gasteiger partial charge in [-0.25, -0.2) is 9.59 Å². The maximum absolute atomic E-state index is 12.8. The molecule has 3 N–H and O–H groups in total. The zero-order chi connectivity index (χ0) is 16.9. The van der Waals surface area contributed by atoms with E-state index in [0.717, 1.165) is 12.1 Å². The van der Waals surface area contributed by atoms with Crippen molar-refractivity contribution in [1.82, 2.24) is 5.32 Å². The Balaban J connectivity index is 2.83. The number of hydrogen-bond acceptors (Lipinski definition) is 2. The minimum absolute atomic E-state index is 0.00358. The minimum atomic E-state index is -4.62. The molecule has 1 atom stereocenters. The van der Waals surface area contributed by atoms with Crippen molar-refractivity contribution in [3.05, 3.63) is 29.8 Å². The Kier molecular flexibility index (Phi) is 5.78. The first-order chi connectivity index (χ1) is 10.1. The number of halogens is 3. The lowest BCUT2D eigenvalue weighted by Crippen LogP contribution is -2.43. The van der Waals surface area contributed by atoms with Crippen LogP contribution in [0.1, 0.15) is 25.8 Å². The molecule has 5 nitrogen and oxygen atoms in total. The molecule has 0 aliphatic heterocycles. The fraction of sp³-hybridized carbons (Fsp3) is 0.429. The Labute approximate surface area is 125 Å². The fourth-order valence-electron chi connectivity index (χ4n) is 1.85. The fourth-order valence-corrected chi connectivity index (χ4v) is 1.85. The van der Waals surface area contributed by atoms with E-state index < -0.39 is 35.5 Å². The molecule has 0 saturated carbocycles. The summed E-state index contributed by atoms with van der Waals surface area (Å²) in [6.45, 7) is 3.54. The Morgan fingerprint density at radius 2 is 1.82 bits per heavy atom. The van der Waals surface area contributed by atoms with Gasteiger partial charge in [0.15, 0.2) is 0 Å². The molecule has 1 rings (SSSR count). The molecule has 0 aliphatic rings. The highest BCUT2D eigenvalue weighted by Crippen LogP contribution is 2.34. The highest BCUT2D eigenvalue weighted by molar-refractivity contribution is 5.93. The number of carboxylic acids is 1. The van der Waals surface area contributed by atoms with Gasteiger partial charge < -0.3 is 15.7 Å². The molecule has 8 heteroatoms. The number of aliphatic carboxylic acids is 1. The van der Waals surface area contributed by atoms with Gasteiger partial charge in [0.05, 0.1) is 11.3 Å². The van der Waals surface area contributed by atoms with Gasteiger partial charge in [-0.2, -0.15) is 13.2 Å². The maximum Gasteiger partial charge on any atom is 0.418 e. The van der Waals surface area contributed by atoms with E-state index in [4.69, 9.17) is 5.11 Å². The molecule has 122 valence electrons. The molecule has 0 spiro atoms. The third kappa shape index (κ3) is 5.27. The summed E-state index contributed by atoms with van der Waals surface area (Å²) in [6.07, 6.45) is -4.45. The molecule has 1 unspecified atom stereocenters. The Morgan fingerprint density at radius 1 is 1.23 bits per heavy atom. The molecule has 0 aromatic heterocycles. The van der Waals surface area contributed by atoms with Crippen LogP contribution in [0.5, 0.6) is 0 Å². The molecule has 0 heterocycles. The Bertz CT molecular complexity index is 544. The van der Waals surface area contributed by atoms with Gasteiger partial charge in [0.1, 0.15) is 6.04 Å². The van der Waals surface area contributed by atoms with Crippen molar-refractivity contribution in [3.8, 4) is 0 Å². The van der Waals surface area contributed by atoms with Crippen molar-refractivity contribution in [1.29, 1.82) is 0 Å². The molecule has 1 aromatic carbocycles. The molecule has 1 aromatic rings. The molecule has 0 bridgehead atoms. The second-order valence-electron chi connectivity index (χ2n) is 5.16. The number of hydrogen-bond donors (Lipinski definition) is 3. The molecule has 22 heavy (non-hydrogen) atoms. The number of carboxylic acid groups (broad SMARTS) is 1. The second-order valence-corrected chi connectivity index (χ2v) is 5.16. The quantitative estimate of drug-likeness (QED) is 0.779. The molecule has 0 aliphatic carbocycles. The Hall–Kier alpha value is -2.25. The number of anilines is 1. The largest absolute Gasteiger partial charge is 0.480 e. The zero-order valence-electron chi connectivity index (χ0n) is 12.1.